The molecule has 3 rings (SSSR count). The molecule has 0 radical (unpaired) electrons. The molecule has 0 bridgehead atoms. The minimum atomic E-state index is -0.608. The first-order valence-electron chi connectivity index (χ1n) is 6.73. The average Bonchev–Trinajstić information content (AvgIpc) is 3.05. The average molecular weight is 273 g/mol. The van der Waals surface area contributed by atoms with E-state index in [0.29, 0.717) is 12.8 Å². The third-order valence-electron chi connectivity index (χ3n) is 3.89. The first-order valence-corrected chi connectivity index (χ1v) is 6.73. The minimum Gasteiger partial charge on any atom is -0.446 e. The van der Waals surface area contributed by atoms with E-state index in [1.807, 2.05) is 30.3 Å². The maximum absolute atomic E-state index is 12.5. The van der Waals surface area contributed by atoms with Crippen molar-refractivity contribution in [2.45, 2.75) is 25.3 Å². The fourth-order valence-corrected chi connectivity index (χ4v) is 2.81. The van der Waals surface area contributed by atoms with Crippen molar-refractivity contribution in [3.8, 4) is 0 Å². The summed E-state index contributed by atoms with van der Waals surface area (Å²) in [7, 11) is 0. The van der Waals surface area contributed by atoms with Crippen molar-refractivity contribution in [1.82, 2.24) is 4.90 Å². The summed E-state index contributed by atoms with van der Waals surface area (Å²) in [5.41, 5.74) is 0.871. The molecule has 1 aliphatic carbocycles. The van der Waals surface area contributed by atoms with E-state index in [2.05, 4.69) is 0 Å². The summed E-state index contributed by atoms with van der Waals surface area (Å²) < 4.78 is 5.02. The van der Waals surface area contributed by atoms with Crippen LogP contribution in [0.4, 0.5) is 4.79 Å². The highest BCUT2D eigenvalue weighted by Crippen LogP contribution is 2.32. The van der Waals surface area contributed by atoms with Crippen molar-refractivity contribution >= 4 is 17.8 Å². The van der Waals surface area contributed by atoms with Gasteiger partial charge in [0.15, 0.2) is 0 Å². The van der Waals surface area contributed by atoms with Crippen LogP contribution in [0.25, 0.3) is 0 Å². The van der Waals surface area contributed by atoms with Crippen LogP contribution in [0.3, 0.4) is 0 Å². The molecule has 0 aromatic heterocycles. The Morgan fingerprint density at radius 3 is 2.60 bits per heavy atom. The van der Waals surface area contributed by atoms with E-state index in [-0.39, 0.29) is 36.7 Å². The zero-order valence-electron chi connectivity index (χ0n) is 11.0. The fourth-order valence-electron chi connectivity index (χ4n) is 2.81. The number of amides is 2. The molecule has 2 fully saturated rings. The van der Waals surface area contributed by atoms with E-state index >= 15 is 0 Å². The molecule has 0 spiro atoms. The highest BCUT2D eigenvalue weighted by atomic mass is 16.6. The smallest absolute Gasteiger partial charge is 0.417 e. The van der Waals surface area contributed by atoms with Crippen LogP contribution in [0.1, 0.15) is 30.9 Å². The standard InChI is InChI=1S/C15H15NO4/c17-12-7-6-11(8-12)14(18)16-13(9-20-15(16)19)10-4-2-1-3-5-10/h1-5,11,13H,6-9H2/t11?,13-/m0/s1. The van der Waals surface area contributed by atoms with Gasteiger partial charge in [-0.15, -0.1) is 0 Å². The topological polar surface area (TPSA) is 63.7 Å². The van der Waals surface area contributed by atoms with E-state index in [0.717, 1.165) is 5.56 Å². The zero-order valence-corrected chi connectivity index (χ0v) is 11.0. The molecule has 0 N–H and O–H groups in total. The Labute approximate surface area is 116 Å². The van der Waals surface area contributed by atoms with Gasteiger partial charge in [0.05, 0.1) is 0 Å². The van der Waals surface area contributed by atoms with Gasteiger partial charge >= 0.3 is 6.09 Å². The van der Waals surface area contributed by atoms with Crippen LogP contribution in [-0.4, -0.2) is 29.3 Å². The van der Waals surface area contributed by atoms with Crippen molar-refractivity contribution in [3.05, 3.63) is 35.9 Å². The van der Waals surface area contributed by atoms with E-state index in [4.69, 9.17) is 4.74 Å². The number of imide groups is 1. The van der Waals surface area contributed by atoms with Gasteiger partial charge in [0.1, 0.15) is 18.4 Å². The van der Waals surface area contributed by atoms with Crippen molar-refractivity contribution < 1.29 is 19.1 Å². The molecule has 104 valence electrons. The summed E-state index contributed by atoms with van der Waals surface area (Å²) >= 11 is 0. The van der Waals surface area contributed by atoms with Gasteiger partial charge in [-0.2, -0.15) is 0 Å². The van der Waals surface area contributed by atoms with Gasteiger partial charge in [-0.1, -0.05) is 30.3 Å². The lowest BCUT2D eigenvalue weighted by Gasteiger charge is -2.22. The molecule has 1 aliphatic heterocycles. The van der Waals surface area contributed by atoms with Crippen LogP contribution in [0.2, 0.25) is 0 Å². The Morgan fingerprint density at radius 2 is 1.95 bits per heavy atom. The van der Waals surface area contributed by atoms with Gasteiger partial charge in [0, 0.05) is 18.8 Å². The summed E-state index contributed by atoms with van der Waals surface area (Å²) in [6.45, 7) is 0.176. The Kier molecular flexibility index (Phi) is 3.26. The maximum Gasteiger partial charge on any atom is 0.417 e. The molecule has 1 aromatic rings. The second kappa shape index (κ2) is 5.07. The number of Topliss-reactive ketones (excluding diaryl/α,β-unsaturated/α-hetero) is 1. The number of carbonyl (C=O) groups excluding carboxylic acids is 3. The number of hydrogen-bond donors (Lipinski definition) is 0. The second-order valence-corrected chi connectivity index (χ2v) is 5.19. The van der Waals surface area contributed by atoms with Crippen LogP contribution in [-0.2, 0) is 14.3 Å². The zero-order chi connectivity index (χ0) is 14.1. The Bertz CT molecular complexity index is 554. The molecule has 1 aromatic carbocycles. The predicted molar refractivity (Wildman–Crippen MR) is 69.7 cm³/mol. The molecule has 1 saturated heterocycles. The molecular weight excluding hydrogens is 258 g/mol. The van der Waals surface area contributed by atoms with Gasteiger partial charge in [0.25, 0.3) is 0 Å². The first kappa shape index (κ1) is 12.8. The van der Waals surface area contributed by atoms with E-state index in [1.165, 1.54) is 4.90 Å². The molecule has 20 heavy (non-hydrogen) atoms. The summed E-state index contributed by atoms with van der Waals surface area (Å²) in [5.74, 6) is -0.571. The van der Waals surface area contributed by atoms with Crippen LogP contribution in [0.5, 0.6) is 0 Å². The van der Waals surface area contributed by atoms with Crippen molar-refractivity contribution in [3.63, 3.8) is 0 Å². The largest absolute Gasteiger partial charge is 0.446 e. The minimum absolute atomic E-state index is 0.0900. The van der Waals surface area contributed by atoms with Crippen LogP contribution in [0.15, 0.2) is 30.3 Å². The molecule has 5 nitrogen and oxygen atoms in total. The molecular formula is C15H15NO4. The van der Waals surface area contributed by atoms with Gasteiger partial charge in [-0.25, -0.2) is 9.69 Å². The van der Waals surface area contributed by atoms with Gasteiger partial charge in [-0.05, 0) is 12.0 Å². The lowest BCUT2D eigenvalue weighted by atomic mass is 10.0. The van der Waals surface area contributed by atoms with Gasteiger partial charge in [-0.3, -0.25) is 9.59 Å². The number of carbonyl (C=O) groups is 3. The second-order valence-electron chi connectivity index (χ2n) is 5.19. The monoisotopic (exact) mass is 273 g/mol. The molecule has 1 heterocycles. The maximum atomic E-state index is 12.5. The molecule has 1 unspecified atom stereocenters. The molecule has 2 amide bonds. The number of nitrogens with zero attached hydrogens (tertiary/aromatic N) is 1. The summed E-state index contributed by atoms with van der Waals surface area (Å²) in [4.78, 5) is 36.8. The van der Waals surface area contributed by atoms with Crippen molar-refractivity contribution in [1.29, 1.82) is 0 Å². The fraction of sp³-hybridized carbons (Fsp3) is 0.400. The van der Waals surface area contributed by atoms with Crippen LogP contribution in [0, 0.1) is 5.92 Å². The van der Waals surface area contributed by atoms with E-state index in [1.54, 1.807) is 0 Å². The normalized spacial score (nSPS) is 25.9. The first-order chi connectivity index (χ1) is 9.66. The number of benzene rings is 1. The summed E-state index contributed by atoms with van der Waals surface area (Å²) in [5, 5.41) is 0. The number of hydrogen-bond acceptors (Lipinski definition) is 4. The summed E-state index contributed by atoms with van der Waals surface area (Å²) in [6.07, 6.45) is 0.589. The highest BCUT2D eigenvalue weighted by molar-refractivity contribution is 5.98. The molecule has 2 aliphatic rings. The summed E-state index contributed by atoms with van der Waals surface area (Å²) in [6, 6.07) is 8.95. The highest BCUT2D eigenvalue weighted by Gasteiger charge is 2.43. The van der Waals surface area contributed by atoms with Crippen molar-refractivity contribution in [2.75, 3.05) is 6.61 Å². The Morgan fingerprint density at radius 1 is 1.20 bits per heavy atom. The predicted octanol–water partition coefficient (Wildman–Crippen LogP) is 2.08. The number of rotatable bonds is 2. The Hall–Kier alpha value is -2.17. The van der Waals surface area contributed by atoms with Crippen LogP contribution < -0.4 is 0 Å². The van der Waals surface area contributed by atoms with Gasteiger partial charge < -0.3 is 4.74 Å². The van der Waals surface area contributed by atoms with E-state index in [9.17, 15) is 14.4 Å². The SMILES string of the molecule is O=C1CCC(C(=O)N2C(=O)OC[C@H]2c2ccccc2)C1. The molecule has 2 atom stereocenters. The lowest BCUT2D eigenvalue weighted by molar-refractivity contribution is -0.134. The third kappa shape index (κ3) is 2.19. The quantitative estimate of drug-likeness (QED) is 0.827. The van der Waals surface area contributed by atoms with Gasteiger partial charge in [0.2, 0.25) is 5.91 Å². The number of ether oxygens (including phenoxy) is 1. The number of cyclic esters (lactones) is 1. The molecule has 5 heteroatoms. The Balaban J connectivity index is 1.84. The van der Waals surface area contributed by atoms with E-state index < -0.39 is 6.09 Å². The lowest BCUT2D eigenvalue weighted by Crippen LogP contribution is -2.38. The van der Waals surface area contributed by atoms with Crippen molar-refractivity contribution in [2.24, 2.45) is 5.92 Å². The van der Waals surface area contributed by atoms with Crippen LogP contribution >= 0.6 is 0 Å². The molecule has 1 saturated carbocycles. The number of ketones is 1. The third-order valence-corrected chi connectivity index (χ3v) is 3.89.